The Balaban J connectivity index is 1.79. The molecule has 0 radical (unpaired) electrons. The van der Waals surface area contributed by atoms with Gasteiger partial charge in [-0.1, -0.05) is 50.1 Å². The highest BCUT2D eigenvalue weighted by molar-refractivity contribution is 7.99. The number of carbonyl (C=O) groups excluding carboxylic acids is 1. The van der Waals surface area contributed by atoms with Gasteiger partial charge in [0, 0.05) is 19.1 Å². The SMILES string of the molecule is CCCn1c(SCC(=O)N(CC)C2CCCCC2)nc2ccccc2c1=O. The number of aromatic nitrogens is 2. The van der Waals surface area contributed by atoms with E-state index in [1.807, 2.05) is 36.1 Å². The van der Waals surface area contributed by atoms with Gasteiger partial charge >= 0.3 is 0 Å². The number of benzene rings is 1. The zero-order valence-electron chi connectivity index (χ0n) is 16.3. The second-order valence-corrected chi connectivity index (χ2v) is 8.07. The zero-order valence-corrected chi connectivity index (χ0v) is 17.1. The quantitative estimate of drug-likeness (QED) is 0.531. The molecule has 0 N–H and O–H groups in total. The van der Waals surface area contributed by atoms with Gasteiger partial charge in [0.25, 0.3) is 5.56 Å². The molecule has 0 unspecified atom stereocenters. The first kappa shape index (κ1) is 19.9. The summed E-state index contributed by atoms with van der Waals surface area (Å²) in [5.41, 5.74) is 0.682. The zero-order chi connectivity index (χ0) is 19.2. The van der Waals surface area contributed by atoms with Crippen LogP contribution < -0.4 is 5.56 Å². The summed E-state index contributed by atoms with van der Waals surface area (Å²) >= 11 is 1.39. The van der Waals surface area contributed by atoms with E-state index in [2.05, 4.69) is 11.9 Å². The molecule has 6 heteroatoms. The molecule has 1 aromatic heterocycles. The topological polar surface area (TPSA) is 55.2 Å². The lowest BCUT2D eigenvalue weighted by atomic mass is 9.94. The minimum absolute atomic E-state index is 0.0166. The molecule has 1 saturated carbocycles. The minimum atomic E-state index is -0.0166. The van der Waals surface area contributed by atoms with Crippen molar-refractivity contribution >= 4 is 28.6 Å². The first-order chi connectivity index (χ1) is 13.2. The predicted molar refractivity (Wildman–Crippen MR) is 111 cm³/mol. The van der Waals surface area contributed by atoms with Gasteiger partial charge in [0.05, 0.1) is 16.7 Å². The van der Waals surface area contributed by atoms with Crippen molar-refractivity contribution in [3.63, 3.8) is 0 Å². The average Bonchev–Trinajstić information content (AvgIpc) is 2.70. The summed E-state index contributed by atoms with van der Waals surface area (Å²) in [7, 11) is 0. The normalized spacial score (nSPS) is 15.2. The predicted octanol–water partition coefficient (Wildman–Crippen LogP) is 4.08. The molecule has 5 nitrogen and oxygen atoms in total. The number of hydrogen-bond donors (Lipinski definition) is 0. The maximum absolute atomic E-state index is 12.9. The molecule has 2 aromatic rings. The Kier molecular flexibility index (Phi) is 6.94. The van der Waals surface area contributed by atoms with Crippen molar-refractivity contribution in [2.45, 2.75) is 70.1 Å². The third-order valence-corrected chi connectivity index (χ3v) is 6.24. The Morgan fingerprint density at radius 2 is 1.96 bits per heavy atom. The van der Waals surface area contributed by atoms with Gasteiger partial charge in [-0.05, 0) is 38.3 Å². The van der Waals surface area contributed by atoms with Crippen molar-refractivity contribution in [3.05, 3.63) is 34.6 Å². The summed E-state index contributed by atoms with van der Waals surface area (Å²) in [6.45, 7) is 5.46. The third kappa shape index (κ3) is 4.54. The average molecular weight is 388 g/mol. The third-order valence-electron chi connectivity index (χ3n) is 5.28. The van der Waals surface area contributed by atoms with Crippen LogP contribution in [0.4, 0.5) is 0 Å². The van der Waals surface area contributed by atoms with E-state index < -0.39 is 0 Å². The molecule has 1 aliphatic rings. The molecule has 0 bridgehead atoms. The van der Waals surface area contributed by atoms with Crippen molar-refractivity contribution in [1.29, 1.82) is 0 Å². The Bertz CT molecular complexity index is 843. The van der Waals surface area contributed by atoms with E-state index in [0.717, 1.165) is 25.8 Å². The van der Waals surface area contributed by atoms with Gasteiger partial charge in [-0.3, -0.25) is 14.2 Å². The Hall–Kier alpha value is -1.82. The number of para-hydroxylation sites is 1. The van der Waals surface area contributed by atoms with Crippen LogP contribution in [0, 0.1) is 0 Å². The highest BCUT2D eigenvalue weighted by atomic mass is 32.2. The fourth-order valence-corrected chi connectivity index (χ4v) is 4.83. The van der Waals surface area contributed by atoms with Gasteiger partial charge in [-0.2, -0.15) is 0 Å². The highest BCUT2D eigenvalue weighted by Crippen LogP contribution is 2.24. The second-order valence-electron chi connectivity index (χ2n) is 7.13. The molecule has 0 atom stereocenters. The minimum Gasteiger partial charge on any atom is -0.339 e. The van der Waals surface area contributed by atoms with Gasteiger partial charge in [-0.25, -0.2) is 4.98 Å². The molecule has 146 valence electrons. The molecular weight excluding hydrogens is 358 g/mol. The molecule has 1 amide bonds. The van der Waals surface area contributed by atoms with Crippen molar-refractivity contribution in [2.75, 3.05) is 12.3 Å². The molecule has 0 saturated heterocycles. The van der Waals surface area contributed by atoms with Crippen LogP contribution in [0.5, 0.6) is 0 Å². The number of carbonyl (C=O) groups is 1. The fraction of sp³-hybridized carbons (Fsp3) is 0.571. The van der Waals surface area contributed by atoms with Gasteiger partial charge in [-0.15, -0.1) is 0 Å². The van der Waals surface area contributed by atoms with E-state index in [4.69, 9.17) is 0 Å². The summed E-state index contributed by atoms with van der Waals surface area (Å²) in [6.07, 6.45) is 6.78. The van der Waals surface area contributed by atoms with E-state index in [-0.39, 0.29) is 11.5 Å². The Morgan fingerprint density at radius 1 is 1.22 bits per heavy atom. The fourth-order valence-electron chi connectivity index (χ4n) is 3.92. The van der Waals surface area contributed by atoms with E-state index in [1.165, 1.54) is 31.0 Å². The smallest absolute Gasteiger partial charge is 0.262 e. The summed E-state index contributed by atoms with van der Waals surface area (Å²) < 4.78 is 1.72. The summed E-state index contributed by atoms with van der Waals surface area (Å²) in [4.78, 5) is 32.4. The van der Waals surface area contributed by atoms with Crippen molar-refractivity contribution < 1.29 is 4.79 Å². The summed E-state index contributed by atoms with van der Waals surface area (Å²) in [6, 6.07) is 7.80. The van der Waals surface area contributed by atoms with Crippen LogP contribution in [0.15, 0.2) is 34.2 Å². The van der Waals surface area contributed by atoms with Gasteiger partial charge < -0.3 is 4.90 Å². The summed E-state index contributed by atoms with van der Waals surface area (Å²) in [5.74, 6) is 0.485. The van der Waals surface area contributed by atoms with Gasteiger partial charge in [0.1, 0.15) is 0 Å². The molecule has 0 spiro atoms. The van der Waals surface area contributed by atoms with Gasteiger partial charge in [0.15, 0.2) is 5.16 Å². The lowest BCUT2D eigenvalue weighted by Gasteiger charge is -2.33. The lowest BCUT2D eigenvalue weighted by Crippen LogP contribution is -2.42. The molecule has 1 aromatic carbocycles. The molecule has 27 heavy (non-hydrogen) atoms. The van der Waals surface area contributed by atoms with Gasteiger partial charge in [0.2, 0.25) is 5.91 Å². The van der Waals surface area contributed by atoms with Crippen LogP contribution in [-0.4, -0.2) is 38.7 Å². The molecule has 0 aliphatic heterocycles. The first-order valence-corrected chi connectivity index (χ1v) is 11.1. The number of fused-ring (bicyclic) bond motifs is 1. The Labute approximate surface area is 165 Å². The van der Waals surface area contributed by atoms with E-state index in [0.29, 0.717) is 34.4 Å². The standard InChI is InChI=1S/C21H29N3O2S/c1-3-14-24-20(26)17-12-8-9-13-18(17)22-21(24)27-15-19(25)23(4-2)16-10-6-5-7-11-16/h8-9,12-13,16H,3-7,10-11,14-15H2,1-2H3. The molecule has 1 fully saturated rings. The summed E-state index contributed by atoms with van der Waals surface area (Å²) in [5, 5.41) is 1.28. The Morgan fingerprint density at radius 3 is 2.67 bits per heavy atom. The van der Waals surface area contributed by atoms with E-state index in [1.54, 1.807) is 4.57 Å². The number of amides is 1. The molecule has 1 aliphatic carbocycles. The number of thioether (sulfide) groups is 1. The first-order valence-electron chi connectivity index (χ1n) is 10.1. The monoisotopic (exact) mass is 387 g/mol. The van der Waals surface area contributed by atoms with Crippen LogP contribution in [0.3, 0.4) is 0 Å². The molecule has 3 rings (SSSR count). The van der Waals surface area contributed by atoms with Crippen LogP contribution in [-0.2, 0) is 11.3 Å². The van der Waals surface area contributed by atoms with Crippen LogP contribution in [0.2, 0.25) is 0 Å². The number of nitrogens with zero attached hydrogens (tertiary/aromatic N) is 3. The molecule has 1 heterocycles. The second kappa shape index (κ2) is 9.40. The van der Waals surface area contributed by atoms with Crippen LogP contribution >= 0.6 is 11.8 Å². The maximum atomic E-state index is 12.9. The van der Waals surface area contributed by atoms with Crippen molar-refractivity contribution in [3.8, 4) is 0 Å². The largest absolute Gasteiger partial charge is 0.339 e. The maximum Gasteiger partial charge on any atom is 0.262 e. The van der Waals surface area contributed by atoms with Crippen LogP contribution in [0.25, 0.3) is 10.9 Å². The number of hydrogen-bond acceptors (Lipinski definition) is 4. The van der Waals surface area contributed by atoms with E-state index >= 15 is 0 Å². The van der Waals surface area contributed by atoms with Crippen molar-refractivity contribution in [1.82, 2.24) is 14.5 Å². The van der Waals surface area contributed by atoms with E-state index in [9.17, 15) is 9.59 Å². The lowest BCUT2D eigenvalue weighted by molar-refractivity contribution is -0.131. The van der Waals surface area contributed by atoms with Crippen molar-refractivity contribution in [2.24, 2.45) is 0 Å². The number of rotatable bonds is 7. The highest BCUT2D eigenvalue weighted by Gasteiger charge is 2.24. The van der Waals surface area contributed by atoms with Crippen LogP contribution in [0.1, 0.15) is 52.4 Å². The molecular formula is C21H29N3O2S.